The fourth-order valence-electron chi connectivity index (χ4n) is 2.21. The van der Waals surface area contributed by atoms with Crippen LogP contribution in [0, 0.1) is 11.3 Å². The second-order valence-corrected chi connectivity index (χ2v) is 5.91. The van der Waals surface area contributed by atoms with Gasteiger partial charge in [-0.25, -0.2) is 0 Å². The summed E-state index contributed by atoms with van der Waals surface area (Å²) in [5.74, 6) is -0.0515. The van der Waals surface area contributed by atoms with Crippen LogP contribution in [0.4, 0.5) is 5.69 Å². The van der Waals surface area contributed by atoms with E-state index >= 15 is 0 Å². The van der Waals surface area contributed by atoms with Crippen LogP contribution in [-0.4, -0.2) is 38.4 Å². The molecular formula is C17H14N6OS. The second kappa shape index (κ2) is 8.08. The zero-order valence-electron chi connectivity index (χ0n) is 13.2. The topological polar surface area (TPSA) is 87.7 Å². The maximum absolute atomic E-state index is 12.6. The summed E-state index contributed by atoms with van der Waals surface area (Å²) in [6.45, 7) is -0.00691. The minimum atomic E-state index is -0.180. The van der Waals surface area contributed by atoms with E-state index in [4.69, 9.17) is 5.26 Å². The Morgan fingerprint density at radius 1 is 1.12 bits per heavy atom. The molecule has 1 heterocycles. The van der Waals surface area contributed by atoms with Crippen LogP contribution < -0.4 is 4.90 Å². The Bertz CT molecular complexity index is 875. The highest BCUT2D eigenvalue weighted by molar-refractivity contribution is 7.99. The van der Waals surface area contributed by atoms with Crippen molar-refractivity contribution < 1.29 is 4.79 Å². The maximum atomic E-state index is 12.6. The van der Waals surface area contributed by atoms with Crippen LogP contribution in [0.15, 0.2) is 65.8 Å². The molecule has 25 heavy (non-hydrogen) atoms. The number of anilines is 1. The van der Waals surface area contributed by atoms with Gasteiger partial charge in [0.1, 0.15) is 6.54 Å². The van der Waals surface area contributed by atoms with Crippen molar-refractivity contribution in [3.05, 3.63) is 60.7 Å². The van der Waals surface area contributed by atoms with Gasteiger partial charge in [-0.05, 0) is 34.7 Å². The summed E-state index contributed by atoms with van der Waals surface area (Å²) in [6.07, 6.45) is 0. The van der Waals surface area contributed by atoms with Gasteiger partial charge in [-0.3, -0.25) is 9.69 Å². The highest BCUT2D eigenvalue weighted by Gasteiger charge is 2.17. The maximum Gasteiger partial charge on any atom is 0.238 e. The molecule has 0 bridgehead atoms. The number of hydrogen-bond acceptors (Lipinski definition) is 6. The van der Waals surface area contributed by atoms with E-state index in [1.807, 2.05) is 54.6 Å². The molecule has 1 aromatic heterocycles. The first-order chi connectivity index (χ1) is 12.3. The third-order valence-corrected chi connectivity index (χ3v) is 4.27. The van der Waals surface area contributed by atoms with E-state index < -0.39 is 0 Å². The summed E-state index contributed by atoms with van der Waals surface area (Å²) in [7, 11) is 0. The smallest absolute Gasteiger partial charge is 0.238 e. The van der Waals surface area contributed by atoms with E-state index in [9.17, 15) is 4.79 Å². The van der Waals surface area contributed by atoms with Crippen molar-refractivity contribution in [2.45, 2.75) is 5.16 Å². The van der Waals surface area contributed by atoms with Crippen LogP contribution in [0.3, 0.4) is 0 Å². The van der Waals surface area contributed by atoms with Crippen molar-refractivity contribution in [3.8, 4) is 11.8 Å². The molecule has 0 saturated carbocycles. The summed E-state index contributed by atoms with van der Waals surface area (Å²) < 4.78 is 1.58. The van der Waals surface area contributed by atoms with Crippen LogP contribution in [0.1, 0.15) is 0 Å². The Morgan fingerprint density at radius 2 is 1.80 bits per heavy atom. The number of carbonyl (C=O) groups is 1. The quantitative estimate of drug-likeness (QED) is 0.501. The summed E-state index contributed by atoms with van der Waals surface area (Å²) in [5, 5.41) is 21.1. The van der Waals surface area contributed by atoms with Gasteiger partial charge in [0, 0.05) is 5.69 Å². The molecule has 0 aliphatic carbocycles. The first-order valence-electron chi connectivity index (χ1n) is 7.48. The molecule has 7 nitrogen and oxygen atoms in total. The molecule has 8 heteroatoms. The van der Waals surface area contributed by atoms with Gasteiger partial charge in [-0.2, -0.15) is 9.94 Å². The average Bonchev–Trinajstić information content (AvgIpc) is 3.14. The number of aromatic nitrogens is 4. The first-order valence-corrected chi connectivity index (χ1v) is 8.47. The van der Waals surface area contributed by atoms with Crippen molar-refractivity contribution in [1.29, 1.82) is 5.26 Å². The summed E-state index contributed by atoms with van der Waals surface area (Å²) in [6, 6.07) is 20.6. The van der Waals surface area contributed by atoms with Gasteiger partial charge in [0.05, 0.1) is 17.5 Å². The van der Waals surface area contributed by atoms with Crippen LogP contribution in [0.2, 0.25) is 0 Å². The van der Waals surface area contributed by atoms with Crippen LogP contribution in [0.25, 0.3) is 5.69 Å². The van der Waals surface area contributed by atoms with Crippen molar-refractivity contribution in [1.82, 2.24) is 20.2 Å². The van der Waals surface area contributed by atoms with Gasteiger partial charge in [-0.15, -0.1) is 5.10 Å². The summed E-state index contributed by atoms with van der Waals surface area (Å²) in [5.41, 5.74) is 1.51. The number of amides is 1. The van der Waals surface area contributed by atoms with Gasteiger partial charge in [0.2, 0.25) is 11.1 Å². The lowest BCUT2D eigenvalue weighted by atomic mass is 10.3. The predicted molar refractivity (Wildman–Crippen MR) is 94.3 cm³/mol. The Hall–Kier alpha value is -3.18. The molecule has 3 rings (SSSR count). The monoisotopic (exact) mass is 350 g/mol. The molecule has 3 aromatic rings. The van der Waals surface area contributed by atoms with Gasteiger partial charge in [0.15, 0.2) is 0 Å². The van der Waals surface area contributed by atoms with Gasteiger partial charge >= 0.3 is 0 Å². The van der Waals surface area contributed by atoms with Crippen LogP contribution in [-0.2, 0) is 4.79 Å². The number of tetrazole rings is 1. The lowest BCUT2D eigenvalue weighted by molar-refractivity contribution is -0.116. The molecule has 1 amide bonds. The Labute approximate surface area is 148 Å². The number of para-hydroxylation sites is 2. The Kier molecular flexibility index (Phi) is 5.39. The lowest BCUT2D eigenvalue weighted by Gasteiger charge is -2.19. The zero-order chi connectivity index (χ0) is 17.5. The van der Waals surface area contributed by atoms with Gasteiger partial charge < -0.3 is 0 Å². The van der Waals surface area contributed by atoms with E-state index in [0.29, 0.717) is 10.8 Å². The molecule has 0 aliphatic heterocycles. The zero-order valence-corrected chi connectivity index (χ0v) is 14.0. The number of nitrogens with zero attached hydrogens (tertiary/aromatic N) is 6. The molecule has 0 spiro atoms. The number of thioether (sulfide) groups is 1. The minimum Gasteiger partial charge on any atom is -0.298 e. The molecule has 0 N–H and O–H groups in total. The largest absolute Gasteiger partial charge is 0.298 e. The normalized spacial score (nSPS) is 10.2. The van der Waals surface area contributed by atoms with E-state index in [1.165, 1.54) is 16.7 Å². The molecule has 0 aliphatic rings. The highest BCUT2D eigenvalue weighted by atomic mass is 32.2. The van der Waals surface area contributed by atoms with Crippen molar-refractivity contribution in [3.63, 3.8) is 0 Å². The van der Waals surface area contributed by atoms with Crippen LogP contribution in [0.5, 0.6) is 0 Å². The molecule has 124 valence electrons. The van der Waals surface area contributed by atoms with Gasteiger partial charge in [-0.1, -0.05) is 48.2 Å². The van der Waals surface area contributed by atoms with Crippen molar-refractivity contribution >= 4 is 23.4 Å². The fraction of sp³-hybridized carbons (Fsp3) is 0.118. The molecule has 0 radical (unpaired) electrons. The minimum absolute atomic E-state index is 0.00691. The Balaban J connectivity index is 1.72. The fourth-order valence-corrected chi connectivity index (χ4v) is 2.97. The molecule has 0 saturated heterocycles. The molecule has 0 atom stereocenters. The van der Waals surface area contributed by atoms with Gasteiger partial charge in [0.25, 0.3) is 0 Å². The first kappa shape index (κ1) is 16.7. The van der Waals surface area contributed by atoms with Crippen LogP contribution >= 0.6 is 11.8 Å². The SMILES string of the molecule is N#CCN(C(=O)CSc1nnnn1-c1ccccc1)c1ccccc1. The third-order valence-electron chi connectivity index (χ3n) is 3.36. The lowest BCUT2D eigenvalue weighted by Crippen LogP contribution is -2.32. The van der Waals surface area contributed by atoms with E-state index in [1.54, 1.807) is 16.8 Å². The number of nitriles is 1. The predicted octanol–water partition coefficient (Wildman–Crippen LogP) is 2.31. The summed E-state index contributed by atoms with van der Waals surface area (Å²) >= 11 is 1.23. The number of rotatable bonds is 6. The third kappa shape index (κ3) is 4.02. The number of carbonyl (C=O) groups excluding carboxylic acids is 1. The molecule has 2 aromatic carbocycles. The average molecular weight is 350 g/mol. The van der Waals surface area contributed by atoms with Crippen molar-refractivity contribution in [2.75, 3.05) is 17.2 Å². The van der Waals surface area contributed by atoms with E-state index in [-0.39, 0.29) is 18.2 Å². The number of hydrogen-bond donors (Lipinski definition) is 0. The molecule has 0 unspecified atom stereocenters. The summed E-state index contributed by atoms with van der Waals surface area (Å²) in [4.78, 5) is 14.0. The van der Waals surface area contributed by atoms with E-state index in [0.717, 1.165) is 5.69 Å². The Morgan fingerprint density at radius 3 is 2.48 bits per heavy atom. The highest BCUT2D eigenvalue weighted by Crippen LogP contribution is 2.20. The number of benzene rings is 2. The standard InChI is InChI=1S/C17H14N6OS/c18-11-12-22(14-7-3-1-4-8-14)16(24)13-25-17-19-20-21-23(17)15-9-5-2-6-10-15/h1-10H,12-13H2. The van der Waals surface area contributed by atoms with E-state index in [2.05, 4.69) is 15.5 Å². The van der Waals surface area contributed by atoms with Crippen molar-refractivity contribution in [2.24, 2.45) is 0 Å². The second-order valence-electron chi connectivity index (χ2n) is 4.97. The molecule has 0 fully saturated rings. The molecular weight excluding hydrogens is 336 g/mol.